The number of hydrogen-bond donors (Lipinski definition) is 2. The van der Waals surface area contributed by atoms with Crippen molar-refractivity contribution in [3.8, 4) is 5.75 Å². The highest BCUT2D eigenvalue weighted by atomic mass is 32.1. The van der Waals surface area contributed by atoms with Crippen molar-refractivity contribution in [2.45, 2.75) is 32.4 Å². The van der Waals surface area contributed by atoms with Gasteiger partial charge in [0.1, 0.15) is 10.8 Å². The van der Waals surface area contributed by atoms with Crippen LogP contribution in [-0.4, -0.2) is 23.3 Å². The molecule has 1 heterocycles. The molecule has 2 rings (SSSR count). The Kier molecular flexibility index (Phi) is 5.31. The lowest BCUT2D eigenvalue weighted by atomic mass is 10.1. The summed E-state index contributed by atoms with van der Waals surface area (Å²) in [5.41, 5.74) is 6.87. The Labute approximate surface area is 123 Å². The highest BCUT2D eigenvalue weighted by Gasteiger charge is 2.05. The van der Waals surface area contributed by atoms with E-state index >= 15 is 0 Å². The van der Waals surface area contributed by atoms with Gasteiger partial charge in [-0.15, -0.1) is 10.2 Å². The van der Waals surface area contributed by atoms with Crippen LogP contribution in [0.4, 0.5) is 5.13 Å². The Morgan fingerprint density at radius 3 is 2.65 bits per heavy atom. The Hall–Kier alpha value is -1.66. The fourth-order valence-corrected chi connectivity index (χ4v) is 2.44. The van der Waals surface area contributed by atoms with E-state index in [2.05, 4.69) is 34.6 Å². The molecule has 0 radical (unpaired) electrons. The van der Waals surface area contributed by atoms with E-state index in [1.165, 1.54) is 16.9 Å². The van der Waals surface area contributed by atoms with E-state index < -0.39 is 0 Å². The van der Waals surface area contributed by atoms with Crippen molar-refractivity contribution in [3.63, 3.8) is 0 Å². The zero-order valence-electron chi connectivity index (χ0n) is 11.8. The Morgan fingerprint density at radius 2 is 2.05 bits per heavy atom. The molecule has 0 bridgehead atoms. The smallest absolute Gasteiger partial charge is 0.203 e. The number of nitrogens with one attached hydrogen (secondary N) is 1. The summed E-state index contributed by atoms with van der Waals surface area (Å²) in [7, 11) is 1.68. The predicted molar refractivity (Wildman–Crippen MR) is 81.9 cm³/mol. The molecule has 5 nitrogen and oxygen atoms in total. The molecule has 0 spiro atoms. The minimum atomic E-state index is 0.419. The summed E-state index contributed by atoms with van der Waals surface area (Å²) in [6.07, 6.45) is 2.11. The first-order valence-corrected chi connectivity index (χ1v) is 7.43. The summed E-state index contributed by atoms with van der Waals surface area (Å²) in [5, 5.41) is 12.7. The van der Waals surface area contributed by atoms with Crippen LogP contribution in [0, 0.1) is 0 Å². The third-order valence-electron chi connectivity index (χ3n) is 3.11. The number of hydrogen-bond acceptors (Lipinski definition) is 6. The van der Waals surface area contributed by atoms with Crippen molar-refractivity contribution in [2.75, 3.05) is 12.8 Å². The van der Waals surface area contributed by atoms with E-state index in [0.29, 0.717) is 11.2 Å². The van der Waals surface area contributed by atoms with Gasteiger partial charge >= 0.3 is 0 Å². The normalized spacial score (nSPS) is 12.3. The lowest BCUT2D eigenvalue weighted by Crippen LogP contribution is -2.25. The van der Waals surface area contributed by atoms with Crippen molar-refractivity contribution < 1.29 is 4.74 Å². The lowest BCUT2D eigenvalue weighted by molar-refractivity contribution is 0.414. The van der Waals surface area contributed by atoms with Gasteiger partial charge in [0.25, 0.3) is 0 Å². The van der Waals surface area contributed by atoms with Gasteiger partial charge in [-0.3, -0.25) is 0 Å². The van der Waals surface area contributed by atoms with Gasteiger partial charge in [0.2, 0.25) is 5.13 Å². The number of ether oxygens (including phenoxy) is 1. The van der Waals surface area contributed by atoms with Gasteiger partial charge in [-0.1, -0.05) is 23.5 Å². The van der Waals surface area contributed by atoms with Crippen molar-refractivity contribution in [1.29, 1.82) is 0 Å². The van der Waals surface area contributed by atoms with Crippen LogP contribution in [0.3, 0.4) is 0 Å². The minimum Gasteiger partial charge on any atom is -0.497 e. The van der Waals surface area contributed by atoms with Crippen LogP contribution in [0.1, 0.15) is 23.9 Å². The van der Waals surface area contributed by atoms with E-state index in [1.807, 2.05) is 12.1 Å². The molecule has 0 amide bonds. The molecule has 0 saturated heterocycles. The fraction of sp³-hybridized carbons (Fsp3) is 0.429. The number of aromatic nitrogens is 2. The van der Waals surface area contributed by atoms with Gasteiger partial charge in [0.05, 0.1) is 13.7 Å². The first-order valence-electron chi connectivity index (χ1n) is 6.61. The number of rotatable bonds is 7. The van der Waals surface area contributed by atoms with Crippen molar-refractivity contribution in [1.82, 2.24) is 15.5 Å². The van der Waals surface area contributed by atoms with E-state index in [-0.39, 0.29) is 0 Å². The number of aryl methyl sites for hydroxylation is 1. The van der Waals surface area contributed by atoms with E-state index in [1.54, 1.807) is 7.11 Å². The molecule has 0 aliphatic heterocycles. The zero-order valence-corrected chi connectivity index (χ0v) is 12.6. The molecule has 0 aliphatic rings. The van der Waals surface area contributed by atoms with Gasteiger partial charge in [-0.05, 0) is 37.5 Å². The van der Waals surface area contributed by atoms with Crippen LogP contribution in [-0.2, 0) is 13.0 Å². The quantitative estimate of drug-likeness (QED) is 0.819. The highest BCUT2D eigenvalue weighted by molar-refractivity contribution is 7.15. The third-order valence-corrected chi connectivity index (χ3v) is 3.86. The fourth-order valence-electron chi connectivity index (χ4n) is 1.88. The van der Waals surface area contributed by atoms with Crippen molar-refractivity contribution in [2.24, 2.45) is 0 Å². The third kappa shape index (κ3) is 4.47. The molecular formula is C14H20N4OS. The molecule has 0 fully saturated rings. The number of methoxy groups -OCH3 is 1. The maximum Gasteiger partial charge on any atom is 0.203 e. The molecule has 108 valence electrons. The zero-order chi connectivity index (χ0) is 14.4. The number of anilines is 1. The average Bonchev–Trinajstić information content (AvgIpc) is 2.89. The molecule has 0 unspecified atom stereocenters. The predicted octanol–water partition coefficient (Wildman–Crippen LogP) is 2.24. The topological polar surface area (TPSA) is 73.1 Å². The number of nitrogens with two attached hydrogens (primary N) is 1. The summed E-state index contributed by atoms with van der Waals surface area (Å²) < 4.78 is 5.15. The Bertz CT molecular complexity index is 526. The SMILES string of the molecule is COc1ccc(CC[C@H](C)NCc2nnc(N)s2)cc1. The minimum absolute atomic E-state index is 0.419. The second-order valence-electron chi connectivity index (χ2n) is 4.70. The van der Waals surface area contributed by atoms with Gasteiger partial charge < -0.3 is 15.8 Å². The monoisotopic (exact) mass is 292 g/mol. The summed E-state index contributed by atoms with van der Waals surface area (Å²) in [4.78, 5) is 0. The first kappa shape index (κ1) is 14.7. The maximum atomic E-state index is 5.55. The van der Waals surface area contributed by atoms with Crippen LogP contribution in [0.25, 0.3) is 0 Å². The molecule has 2 aromatic rings. The van der Waals surface area contributed by atoms with Crippen LogP contribution >= 0.6 is 11.3 Å². The molecular weight excluding hydrogens is 272 g/mol. The van der Waals surface area contributed by atoms with Crippen molar-refractivity contribution >= 4 is 16.5 Å². The van der Waals surface area contributed by atoms with Crippen LogP contribution in [0.2, 0.25) is 0 Å². The van der Waals surface area contributed by atoms with E-state index in [4.69, 9.17) is 10.5 Å². The second kappa shape index (κ2) is 7.21. The van der Waals surface area contributed by atoms with Crippen molar-refractivity contribution in [3.05, 3.63) is 34.8 Å². The van der Waals surface area contributed by atoms with Gasteiger partial charge in [-0.2, -0.15) is 0 Å². The number of nitrogens with zero attached hydrogens (tertiary/aromatic N) is 2. The highest BCUT2D eigenvalue weighted by Crippen LogP contribution is 2.14. The summed E-state index contributed by atoms with van der Waals surface area (Å²) in [5.74, 6) is 0.897. The summed E-state index contributed by atoms with van der Waals surface area (Å²) >= 11 is 1.43. The molecule has 6 heteroatoms. The molecule has 1 aromatic heterocycles. The Morgan fingerprint density at radius 1 is 1.30 bits per heavy atom. The molecule has 1 atom stereocenters. The van der Waals surface area contributed by atoms with Crippen LogP contribution < -0.4 is 15.8 Å². The summed E-state index contributed by atoms with van der Waals surface area (Å²) in [6.45, 7) is 2.90. The van der Waals surface area contributed by atoms with Gasteiger partial charge in [0, 0.05) is 6.04 Å². The molecule has 0 saturated carbocycles. The van der Waals surface area contributed by atoms with Gasteiger partial charge in [0.15, 0.2) is 0 Å². The first-order chi connectivity index (χ1) is 9.67. The van der Waals surface area contributed by atoms with Crippen LogP contribution in [0.5, 0.6) is 5.75 Å². The molecule has 1 aromatic carbocycles. The molecule has 3 N–H and O–H groups in total. The Balaban J connectivity index is 1.72. The molecule has 20 heavy (non-hydrogen) atoms. The maximum absolute atomic E-state index is 5.55. The summed E-state index contributed by atoms with van der Waals surface area (Å²) in [6, 6.07) is 8.63. The molecule has 0 aliphatic carbocycles. The van der Waals surface area contributed by atoms with Gasteiger partial charge in [-0.25, -0.2) is 0 Å². The largest absolute Gasteiger partial charge is 0.497 e. The lowest BCUT2D eigenvalue weighted by Gasteiger charge is -2.12. The number of nitrogen functional groups attached to an aromatic ring is 1. The van der Waals surface area contributed by atoms with E-state index in [0.717, 1.165) is 30.1 Å². The number of benzene rings is 1. The standard InChI is InChI=1S/C14H20N4OS/c1-10(16-9-13-17-18-14(15)20-13)3-4-11-5-7-12(19-2)8-6-11/h5-8,10,16H,3-4,9H2,1-2H3,(H2,15,18)/t10-/m0/s1. The average molecular weight is 292 g/mol. The second-order valence-corrected chi connectivity index (χ2v) is 5.80. The van der Waals surface area contributed by atoms with Crippen LogP contribution in [0.15, 0.2) is 24.3 Å². The van der Waals surface area contributed by atoms with E-state index in [9.17, 15) is 0 Å².